The second-order valence-electron chi connectivity index (χ2n) is 5.58. The molecule has 0 radical (unpaired) electrons. The zero-order chi connectivity index (χ0) is 17.7. The lowest BCUT2D eigenvalue weighted by molar-refractivity contribution is 0.401. The SMILES string of the molecule is O=S(=O)(c1cncc(Br)c1)N(Cc1ccccc1)Cc1ccccc1. The summed E-state index contributed by atoms with van der Waals surface area (Å²) in [5, 5.41) is 0. The van der Waals surface area contributed by atoms with Crippen LogP contribution in [0.1, 0.15) is 11.1 Å². The van der Waals surface area contributed by atoms with Crippen molar-refractivity contribution in [1.29, 1.82) is 0 Å². The Morgan fingerprint density at radius 3 is 1.84 bits per heavy atom. The molecule has 6 heteroatoms. The third kappa shape index (κ3) is 4.54. The molecule has 2 aromatic carbocycles. The van der Waals surface area contributed by atoms with E-state index < -0.39 is 10.0 Å². The van der Waals surface area contributed by atoms with E-state index in [0.29, 0.717) is 17.6 Å². The van der Waals surface area contributed by atoms with Crippen molar-refractivity contribution >= 4 is 26.0 Å². The third-order valence-electron chi connectivity index (χ3n) is 3.72. The average Bonchev–Trinajstić information content (AvgIpc) is 2.63. The molecule has 0 saturated carbocycles. The molecule has 128 valence electrons. The number of hydrogen-bond acceptors (Lipinski definition) is 3. The molecule has 3 rings (SSSR count). The van der Waals surface area contributed by atoms with Gasteiger partial charge in [-0.3, -0.25) is 4.98 Å². The minimum Gasteiger partial charge on any atom is -0.262 e. The first kappa shape index (κ1) is 17.8. The fourth-order valence-corrected chi connectivity index (χ4v) is 4.41. The van der Waals surface area contributed by atoms with Gasteiger partial charge >= 0.3 is 0 Å². The predicted molar refractivity (Wildman–Crippen MR) is 101 cm³/mol. The molecule has 0 bridgehead atoms. The van der Waals surface area contributed by atoms with E-state index >= 15 is 0 Å². The Bertz CT molecular complexity index is 890. The van der Waals surface area contributed by atoms with Gasteiger partial charge in [-0.1, -0.05) is 60.7 Å². The third-order valence-corrected chi connectivity index (χ3v) is 5.91. The predicted octanol–water partition coefficient (Wildman–Crippen LogP) is 4.24. The number of halogens is 1. The van der Waals surface area contributed by atoms with Gasteiger partial charge in [-0.15, -0.1) is 0 Å². The first-order valence-corrected chi connectivity index (χ1v) is 9.97. The van der Waals surface area contributed by atoms with E-state index in [-0.39, 0.29) is 4.90 Å². The maximum Gasteiger partial charge on any atom is 0.245 e. The van der Waals surface area contributed by atoms with Gasteiger partial charge < -0.3 is 0 Å². The van der Waals surface area contributed by atoms with Crippen molar-refractivity contribution in [3.8, 4) is 0 Å². The number of nitrogens with zero attached hydrogens (tertiary/aromatic N) is 2. The lowest BCUT2D eigenvalue weighted by Gasteiger charge is -2.22. The van der Waals surface area contributed by atoms with Crippen LogP contribution in [0.4, 0.5) is 0 Å². The second kappa shape index (κ2) is 7.91. The molecule has 4 nitrogen and oxygen atoms in total. The molecule has 25 heavy (non-hydrogen) atoms. The first-order chi connectivity index (χ1) is 12.1. The topological polar surface area (TPSA) is 50.3 Å². The molecule has 0 saturated heterocycles. The molecular formula is C19H17BrN2O2S. The van der Waals surface area contributed by atoms with Crippen LogP contribution in [0, 0.1) is 0 Å². The molecule has 0 amide bonds. The highest BCUT2D eigenvalue weighted by atomic mass is 79.9. The summed E-state index contributed by atoms with van der Waals surface area (Å²) in [6.07, 6.45) is 2.95. The highest BCUT2D eigenvalue weighted by molar-refractivity contribution is 9.10. The first-order valence-electron chi connectivity index (χ1n) is 7.74. The molecule has 0 atom stereocenters. The van der Waals surface area contributed by atoms with E-state index in [0.717, 1.165) is 11.1 Å². The standard InChI is InChI=1S/C19H17BrN2O2S/c20-18-11-19(13-21-12-18)25(23,24)22(14-16-7-3-1-4-8-16)15-17-9-5-2-6-10-17/h1-13H,14-15H2. The summed E-state index contributed by atoms with van der Waals surface area (Å²) in [7, 11) is -3.68. The van der Waals surface area contributed by atoms with Gasteiger partial charge in [0.15, 0.2) is 0 Å². The van der Waals surface area contributed by atoms with Crippen LogP contribution in [0.25, 0.3) is 0 Å². The normalized spacial score (nSPS) is 11.6. The molecule has 0 aliphatic rings. The summed E-state index contributed by atoms with van der Waals surface area (Å²) in [5.41, 5.74) is 1.87. The van der Waals surface area contributed by atoms with E-state index in [9.17, 15) is 8.42 Å². The quantitative estimate of drug-likeness (QED) is 0.603. The monoisotopic (exact) mass is 416 g/mol. The van der Waals surface area contributed by atoms with Crippen LogP contribution in [0.2, 0.25) is 0 Å². The highest BCUT2D eigenvalue weighted by Gasteiger charge is 2.25. The van der Waals surface area contributed by atoms with E-state index in [2.05, 4.69) is 20.9 Å². The summed E-state index contributed by atoms with van der Waals surface area (Å²) in [5.74, 6) is 0. The van der Waals surface area contributed by atoms with Crippen LogP contribution >= 0.6 is 15.9 Å². The van der Waals surface area contributed by atoms with Gasteiger partial charge in [0.25, 0.3) is 0 Å². The Morgan fingerprint density at radius 1 is 0.840 bits per heavy atom. The molecule has 0 N–H and O–H groups in total. The van der Waals surface area contributed by atoms with Crippen LogP contribution < -0.4 is 0 Å². The minimum absolute atomic E-state index is 0.175. The molecule has 0 aliphatic heterocycles. The summed E-state index contributed by atoms with van der Waals surface area (Å²) in [6.45, 7) is 0.592. The van der Waals surface area contributed by atoms with E-state index in [1.807, 2.05) is 60.7 Å². The molecule has 0 fully saturated rings. The molecule has 0 unspecified atom stereocenters. The zero-order valence-electron chi connectivity index (χ0n) is 13.4. The van der Waals surface area contributed by atoms with Crippen molar-refractivity contribution in [2.24, 2.45) is 0 Å². The number of pyridine rings is 1. The lowest BCUT2D eigenvalue weighted by atomic mass is 10.2. The molecular weight excluding hydrogens is 400 g/mol. The average molecular weight is 417 g/mol. The van der Waals surface area contributed by atoms with Gasteiger partial charge in [0.05, 0.1) is 0 Å². The second-order valence-corrected chi connectivity index (χ2v) is 8.44. The van der Waals surface area contributed by atoms with Gasteiger partial charge in [0, 0.05) is 30.0 Å². The van der Waals surface area contributed by atoms with Crippen molar-refractivity contribution in [3.05, 3.63) is 94.7 Å². The molecule has 1 heterocycles. The number of hydrogen-bond donors (Lipinski definition) is 0. The largest absolute Gasteiger partial charge is 0.262 e. The Kier molecular flexibility index (Phi) is 5.63. The van der Waals surface area contributed by atoms with Gasteiger partial charge in [0.1, 0.15) is 4.90 Å². The number of sulfonamides is 1. The maximum atomic E-state index is 13.2. The number of aromatic nitrogens is 1. The Labute approximate surface area is 156 Å². The minimum atomic E-state index is -3.68. The summed E-state index contributed by atoms with van der Waals surface area (Å²) >= 11 is 3.29. The molecule has 0 spiro atoms. The van der Waals surface area contributed by atoms with Crippen LogP contribution in [0.15, 0.2) is 88.5 Å². The Morgan fingerprint density at radius 2 is 1.36 bits per heavy atom. The van der Waals surface area contributed by atoms with Gasteiger partial charge in [-0.2, -0.15) is 4.31 Å². The lowest BCUT2D eigenvalue weighted by Crippen LogP contribution is -2.30. The van der Waals surface area contributed by atoms with Crippen molar-refractivity contribution < 1.29 is 8.42 Å². The van der Waals surface area contributed by atoms with Crippen molar-refractivity contribution in [1.82, 2.24) is 9.29 Å². The fraction of sp³-hybridized carbons (Fsp3) is 0.105. The van der Waals surface area contributed by atoms with E-state index in [1.54, 1.807) is 12.3 Å². The molecule has 3 aromatic rings. The molecule has 1 aromatic heterocycles. The highest BCUT2D eigenvalue weighted by Crippen LogP contribution is 2.22. The van der Waals surface area contributed by atoms with Crippen LogP contribution in [-0.4, -0.2) is 17.7 Å². The number of benzene rings is 2. The summed E-state index contributed by atoms with van der Waals surface area (Å²) < 4.78 is 28.4. The summed E-state index contributed by atoms with van der Waals surface area (Å²) in [4.78, 5) is 4.17. The van der Waals surface area contributed by atoms with Gasteiger partial charge in [-0.25, -0.2) is 8.42 Å². The smallest absolute Gasteiger partial charge is 0.245 e. The van der Waals surface area contributed by atoms with E-state index in [4.69, 9.17) is 0 Å². The van der Waals surface area contributed by atoms with Crippen LogP contribution in [0.5, 0.6) is 0 Å². The van der Waals surface area contributed by atoms with Crippen molar-refractivity contribution in [3.63, 3.8) is 0 Å². The van der Waals surface area contributed by atoms with Crippen LogP contribution in [0.3, 0.4) is 0 Å². The van der Waals surface area contributed by atoms with Gasteiger partial charge in [0.2, 0.25) is 10.0 Å². The van der Waals surface area contributed by atoms with Crippen molar-refractivity contribution in [2.75, 3.05) is 0 Å². The zero-order valence-corrected chi connectivity index (χ0v) is 15.8. The van der Waals surface area contributed by atoms with Crippen molar-refractivity contribution in [2.45, 2.75) is 18.0 Å². The maximum absolute atomic E-state index is 13.2. The van der Waals surface area contributed by atoms with Crippen LogP contribution in [-0.2, 0) is 23.1 Å². The van der Waals surface area contributed by atoms with E-state index in [1.165, 1.54) is 10.5 Å². The Balaban J connectivity index is 1.97. The molecule has 0 aliphatic carbocycles. The fourth-order valence-electron chi connectivity index (χ4n) is 2.48. The Hall–Kier alpha value is -2.02. The summed E-state index contributed by atoms with van der Waals surface area (Å²) in [6, 6.07) is 20.7. The van der Waals surface area contributed by atoms with Gasteiger partial charge in [-0.05, 0) is 33.1 Å². The number of rotatable bonds is 6.